The maximum atomic E-state index is 11.7. The molecule has 10 nitrogen and oxygen atoms in total. The predicted molar refractivity (Wildman–Crippen MR) is 106 cm³/mol. The highest BCUT2D eigenvalue weighted by molar-refractivity contribution is 7.11. The third-order valence-corrected chi connectivity index (χ3v) is 4.18. The molecule has 0 radical (unpaired) electrons. The van der Waals surface area contributed by atoms with Gasteiger partial charge in [0.15, 0.2) is 28.6 Å². The highest BCUT2D eigenvalue weighted by Gasteiger charge is 2.13. The lowest BCUT2D eigenvalue weighted by Crippen LogP contribution is -2.10. The van der Waals surface area contributed by atoms with E-state index in [2.05, 4.69) is 34.9 Å². The number of nitrogens with zero attached hydrogens (tertiary/aromatic N) is 6. The number of carbonyl (C=O) groups excluding carboxylic acids is 1. The van der Waals surface area contributed by atoms with E-state index in [-0.39, 0.29) is 35.4 Å². The Morgan fingerprint density at radius 3 is 3.04 bits per heavy atom. The van der Waals surface area contributed by atoms with Gasteiger partial charge >= 0.3 is 0 Å². The minimum atomic E-state index is -0.296. The summed E-state index contributed by atoms with van der Waals surface area (Å²) in [7, 11) is 0. The summed E-state index contributed by atoms with van der Waals surface area (Å²) in [6, 6.07) is 4.95. The summed E-state index contributed by atoms with van der Waals surface area (Å²) in [5.74, 6) is -0.454. The van der Waals surface area contributed by atoms with Crippen molar-refractivity contribution in [2.24, 2.45) is 15.2 Å². The SMILES string of the molecule is CCO/C=N/c1cc(O)c(NC(=O)CC)nc1/N=N/c1snc2ncccc12. The fraction of sp³-hybridized carbons (Fsp3) is 0.235. The summed E-state index contributed by atoms with van der Waals surface area (Å²) < 4.78 is 9.30. The molecule has 0 saturated heterocycles. The minimum absolute atomic E-state index is 0.0213. The van der Waals surface area contributed by atoms with Crippen LogP contribution in [0.3, 0.4) is 0 Å². The van der Waals surface area contributed by atoms with E-state index in [1.165, 1.54) is 12.5 Å². The Kier molecular flexibility index (Phi) is 6.17. The van der Waals surface area contributed by atoms with Crippen LogP contribution in [0.2, 0.25) is 0 Å². The van der Waals surface area contributed by atoms with Crippen LogP contribution in [0.5, 0.6) is 5.75 Å². The molecular weight excluding hydrogens is 382 g/mol. The van der Waals surface area contributed by atoms with Crippen LogP contribution >= 0.6 is 11.5 Å². The fourth-order valence-corrected chi connectivity index (χ4v) is 2.72. The van der Waals surface area contributed by atoms with Crippen LogP contribution in [0, 0.1) is 0 Å². The van der Waals surface area contributed by atoms with Gasteiger partial charge in [0.25, 0.3) is 0 Å². The molecule has 0 aliphatic heterocycles. The normalized spacial score (nSPS) is 11.5. The quantitative estimate of drug-likeness (QED) is 0.346. The number of carbonyl (C=O) groups is 1. The average Bonchev–Trinajstić information content (AvgIpc) is 3.12. The molecule has 0 fully saturated rings. The highest BCUT2D eigenvalue weighted by atomic mass is 32.1. The van der Waals surface area contributed by atoms with E-state index in [1.54, 1.807) is 19.2 Å². The van der Waals surface area contributed by atoms with Gasteiger partial charge in [0.1, 0.15) is 5.69 Å². The molecule has 0 unspecified atom stereocenters. The van der Waals surface area contributed by atoms with Crippen LogP contribution in [-0.2, 0) is 9.53 Å². The molecule has 0 saturated carbocycles. The standard InChI is InChI=1S/C17H17N7O3S/c1-3-13(26)20-16-12(25)8-11(19-9-27-4-2)15(21-16)22-23-17-10-6-5-7-18-14(10)24-28-17/h5-9,25H,3-4H2,1-2H3,(H,20,21,26)/b19-9+,23-22+. The van der Waals surface area contributed by atoms with E-state index in [9.17, 15) is 9.90 Å². The molecule has 3 heterocycles. The number of amides is 1. The number of anilines is 1. The number of hydrogen-bond donors (Lipinski definition) is 2. The number of aromatic hydroxyl groups is 1. The summed E-state index contributed by atoms with van der Waals surface area (Å²) in [6.45, 7) is 3.94. The zero-order valence-electron chi connectivity index (χ0n) is 15.2. The first-order valence-electron chi connectivity index (χ1n) is 8.42. The van der Waals surface area contributed by atoms with Crippen LogP contribution in [0.15, 0.2) is 39.6 Å². The van der Waals surface area contributed by atoms with Gasteiger partial charge in [0.2, 0.25) is 11.7 Å². The number of aromatic nitrogens is 3. The lowest BCUT2D eigenvalue weighted by molar-refractivity contribution is -0.115. The maximum Gasteiger partial charge on any atom is 0.225 e. The van der Waals surface area contributed by atoms with E-state index in [0.29, 0.717) is 17.3 Å². The van der Waals surface area contributed by atoms with Crippen molar-refractivity contribution in [2.45, 2.75) is 20.3 Å². The molecular formula is C17H17N7O3S. The molecule has 0 atom stereocenters. The number of fused-ring (bicyclic) bond motifs is 1. The summed E-state index contributed by atoms with van der Waals surface area (Å²) in [5.41, 5.74) is 0.807. The first-order valence-corrected chi connectivity index (χ1v) is 9.19. The van der Waals surface area contributed by atoms with Crippen molar-refractivity contribution in [3.05, 3.63) is 24.4 Å². The molecule has 3 aromatic heterocycles. The van der Waals surface area contributed by atoms with Crippen molar-refractivity contribution in [3.63, 3.8) is 0 Å². The molecule has 3 aromatic rings. The van der Waals surface area contributed by atoms with Crippen LogP contribution in [0.1, 0.15) is 20.3 Å². The number of ether oxygens (including phenoxy) is 1. The van der Waals surface area contributed by atoms with E-state index in [1.807, 2.05) is 13.0 Å². The minimum Gasteiger partial charge on any atom is -0.504 e. The van der Waals surface area contributed by atoms with Crippen molar-refractivity contribution in [1.29, 1.82) is 0 Å². The lowest BCUT2D eigenvalue weighted by atomic mass is 10.3. The third-order valence-electron chi connectivity index (χ3n) is 3.45. The summed E-state index contributed by atoms with van der Waals surface area (Å²) in [6.07, 6.45) is 3.11. The zero-order valence-corrected chi connectivity index (χ0v) is 16.0. The van der Waals surface area contributed by atoms with Crippen LogP contribution in [0.25, 0.3) is 11.0 Å². The Labute approximate surface area is 164 Å². The number of azo groups is 1. The second kappa shape index (κ2) is 8.95. The van der Waals surface area contributed by atoms with Crippen LogP contribution < -0.4 is 5.32 Å². The Bertz CT molecular complexity index is 1050. The summed E-state index contributed by atoms with van der Waals surface area (Å²) in [5, 5.41) is 22.3. The average molecular weight is 399 g/mol. The topological polar surface area (TPSA) is 134 Å². The van der Waals surface area contributed by atoms with Crippen molar-refractivity contribution < 1.29 is 14.6 Å². The second-order valence-electron chi connectivity index (χ2n) is 5.35. The Hall–Kier alpha value is -3.47. The Morgan fingerprint density at radius 2 is 2.25 bits per heavy atom. The molecule has 2 N–H and O–H groups in total. The van der Waals surface area contributed by atoms with Crippen molar-refractivity contribution >= 4 is 57.2 Å². The van der Waals surface area contributed by atoms with E-state index in [4.69, 9.17) is 4.74 Å². The van der Waals surface area contributed by atoms with Gasteiger partial charge < -0.3 is 15.2 Å². The van der Waals surface area contributed by atoms with Gasteiger partial charge in [0.05, 0.1) is 12.0 Å². The molecule has 0 spiro atoms. The smallest absolute Gasteiger partial charge is 0.225 e. The molecule has 0 aliphatic carbocycles. The molecule has 0 aromatic carbocycles. The monoisotopic (exact) mass is 399 g/mol. The second-order valence-corrected chi connectivity index (χ2v) is 6.10. The fourth-order valence-electron chi connectivity index (χ4n) is 2.07. The van der Waals surface area contributed by atoms with Gasteiger partial charge in [-0.1, -0.05) is 6.92 Å². The van der Waals surface area contributed by atoms with Gasteiger partial charge in [-0.3, -0.25) is 4.79 Å². The predicted octanol–water partition coefficient (Wildman–Crippen LogP) is 4.25. The van der Waals surface area contributed by atoms with Crippen LogP contribution in [-0.4, -0.2) is 38.4 Å². The Morgan fingerprint density at radius 1 is 1.39 bits per heavy atom. The van der Waals surface area contributed by atoms with Gasteiger partial charge in [0, 0.05) is 18.7 Å². The Balaban J connectivity index is 2.00. The number of rotatable bonds is 7. The van der Waals surface area contributed by atoms with Crippen LogP contribution in [0.4, 0.5) is 22.3 Å². The van der Waals surface area contributed by atoms with Gasteiger partial charge in [-0.2, -0.15) is 4.37 Å². The molecule has 3 rings (SSSR count). The van der Waals surface area contributed by atoms with Gasteiger partial charge in [-0.15, -0.1) is 10.2 Å². The van der Waals surface area contributed by atoms with E-state index in [0.717, 1.165) is 16.9 Å². The number of nitrogens with one attached hydrogen (secondary N) is 1. The van der Waals surface area contributed by atoms with Gasteiger partial charge in [-0.05, 0) is 30.6 Å². The lowest BCUT2D eigenvalue weighted by Gasteiger charge is -2.07. The number of aliphatic imine (C=N–C) groups is 1. The first kappa shape index (κ1) is 19.3. The molecule has 11 heteroatoms. The number of hydrogen-bond acceptors (Lipinski definition) is 10. The van der Waals surface area contributed by atoms with Gasteiger partial charge in [-0.25, -0.2) is 15.0 Å². The molecule has 1 amide bonds. The first-order chi connectivity index (χ1) is 13.6. The summed E-state index contributed by atoms with van der Waals surface area (Å²) in [4.78, 5) is 24.1. The zero-order chi connectivity index (χ0) is 19.9. The van der Waals surface area contributed by atoms with Crippen molar-refractivity contribution in [2.75, 3.05) is 11.9 Å². The van der Waals surface area contributed by atoms with Crippen molar-refractivity contribution in [1.82, 2.24) is 14.3 Å². The van der Waals surface area contributed by atoms with Crippen molar-refractivity contribution in [3.8, 4) is 5.75 Å². The molecule has 144 valence electrons. The van der Waals surface area contributed by atoms with E-state index < -0.39 is 0 Å². The molecule has 28 heavy (non-hydrogen) atoms. The molecule has 0 aliphatic rings. The molecule has 0 bridgehead atoms. The van der Waals surface area contributed by atoms with E-state index >= 15 is 0 Å². The number of pyridine rings is 2. The maximum absolute atomic E-state index is 11.7. The summed E-state index contributed by atoms with van der Waals surface area (Å²) >= 11 is 1.15. The third kappa shape index (κ3) is 4.43. The highest BCUT2D eigenvalue weighted by Crippen LogP contribution is 2.36. The largest absolute Gasteiger partial charge is 0.504 e.